The molecular weight excluding hydrogens is 440 g/mol. The molecule has 1 amide bonds. The topological polar surface area (TPSA) is 92.6 Å². The predicted octanol–water partition coefficient (Wildman–Crippen LogP) is 1.66. The number of halogens is 1. The predicted molar refractivity (Wildman–Crippen MR) is 117 cm³/mol. The molecule has 0 bridgehead atoms. The monoisotopic (exact) mass is 460 g/mol. The summed E-state index contributed by atoms with van der Waals surface area (Å²) in [4.78, 5) is 27.0. The number of aromatic nitrogens is 2. The SMILES string of the molecule is Cn1nc(CC(=O)N2CCN(S(=O)(=O)c3ccc(Cl)cc3)CC2)c2ccccc2c1=O. The number of sulfonamides is 1. The summed E-state index contributed by atoms with van der Waals surface area (Å²) in [6.07, 6.45) is 0.0402. The molecule has 2 heterocycles. The fraction of sp³-hybridized carbons (Fsp3) is 0.286. The maximum Gasteiger partial charge on any atom is 0.274 e. The van der Waals surface area contributed by atoms with Gasteiger partial charge in [0, 0.05) is 43.6 Å². The molecule has 4 rings (SSSR count). The van der Waals surface area contributed by atoms with Gasteiger partial charge in [-0.2, -0.15) is 9.40 Å². The molecule has 0 aliphatic carbocycles. The Balaban J connectivity index is 1.47. The van der Waals surface area contributed by atoms with E-state index < -0.39 is 10.0 Å². The van der Waals surface area contributed by atoms with Crippen LogP contribution < -0.4 is 5.56 Å². The van der Waals surface area contributed by atoms with Gasteiger partial charge in [0.15, 0.2) is 0 Å². The van der Waals surface area contributed by atoms with Gasteiger partial charge in [-0.25, -0.2) is 13.1 Å². The van der Waals surface area contributed by atoms with Crippen molar-refractivity contribution in [2.45, 2.75) is 11.3 Å². The molecule has 8 nitrogen and oxygen atoms in total. The minimum absolute atomic E-state index is 0.0402. The first kappa shape index (κ1) is 21.5. The van der Waals surface area contributed by atoms with E-state index >= 15 is 0 Å². The van der Waals surface area contributed by atoms with Crippen molar-refractivity contribution in [1.82, 2.24) is 19.0 Å². The molecule has 1 fully saturated rings. The number of nitrogens with zero attached hydrogens (tertiary/aromatic N) is 4. The molecule has 162 valence electrons. The number of carbonyl (C=O) groups excluding carboxylic acids is 1. The van der Waals surface area contributed by atoms with E-state index in [1.165, 1.54) is 21.1 Å². The van der Waals surface area contributed by atoms with Gasteiger partial charge in [-0.1, -0.05) is 29.8 Å². The van der Waals surface area contributed by atoms with Crippen LogP contribution in [0.15, 0.2) is 58.2 Å². The van der Waals surface area contributed by atoms with Crippen molar-refractivity contribution in [3.8, 4) is 0 Å². The average molecular weight is 461 g/mol. The third-order valence-corrected chi connectivity index (χ3v) is 7.56. The third-order valence-electron chi connectivity index (χ3n) is 5.39. The first-order chi connectivity index (χ1) is 14.8. The number of rotatable bonds is 4. The van der Waals surface area contributed by atoms with E-state index in [4.69, 9.17) is 11.6 Å². The minimum Gasteiger partial charge on any atom is -0.340 e. The van der Waals surface area contributed by atoms with Crippen LogP contribution in [0.1, 0.15) is 5.69 Å². The summed E-state index contributed by atoms with van der Waals surface area (Å²) < 4.78 is 28.3. The molecule has 0 radical (unpaired) electrons. The molecule has 0 saturated carbocycles. The summed E-state index contributed by atoms with van der Waals surface area (Å²) in [5.41, 5.74) is 0.312. The second-order valence-electron chi connectivity index (χ2n) is 7.34. The summed E-state index contributed by atoms with van der Waals surface area (Å²) in [5, 5.41) is 5.91. The Morgan fingerprint density at radius 1 is 1.00 bits per heavy atom. The molecule has 0 atom stereocenters. The maximum atomic E-state index is 12.9. The van der Waals surface area contributed by atoms with E-state index in [0.29, 0.717) is 21.5 Å². The van der Waals surface area contributed by atoms with Crippen molar-refractivity contribution in [2.24, 2.45) is 7.05 Å². The molecule has 1 saturated heterocycles. The van der Waals surface area contributed by atoms with Gasteiger partial charge < -0.3 is 4.90 Å². The van der Waals surface area contributed by atoms with Crippen molar-refractivity contribution >= 4 is 38.3 Å². The van der Waals surface area contributed by atoms with Crippen molar-refractivity contribution in [3.05, 3.63) is 69.6 Å². The normalized spacial score (nSPS) is 15.4. The van der Waals surface area contributed by atoms with Crippen LogP contribution in [0, 0.1) is 0 Å². The highest BCUT2D eigenvalue weighted by atomic mass is 35.5. The zero-order chi connectivity index (χ0) is 22.2. The molecule has 10 heteroatoms. The fourth-order valence-electron chi connectivity index (χ4n) is 3.70. The van der Waals surface area contributed by atoms with Gasteiger partial charge in [0.2, 0.25) is 15.9 Å². The average Bonchev–Trinajstić information content (AvgIpc) is 2.77. The molecule has 1 aliphatic rings. The number of aryl methyl sites for hydroxylation is 1. The number of amides is 1. The summed E-state index contributed by atoms with van der Waals surface area (Å²) in [7, 11) is -2.08. The summed E-state index contributed by atoms with van der Waals surface area (Å²) in [5.74, 6) is -0.153. The quantitative estimate of drug-likeness (QED) is 0.590. The van der Waals surface area contributed by atoms with Gasteiger partial charge in [-0.3, -0.25) is 9.59 Å². The number of hydrogen-bond acceptors (Lipinski definition) is 5. The Hall–Kier alpha value is -2.75. The Labute approximate surface area is 184 Å². The van der Waals surface area contributed by atoms with E-state index in [2.05, 4.69) is 5.10 Å². The number of fused-ring (bicyclic) bond motifs is 1. The highest BCUT2D eigenvalue weighted by molar-refractivity contribution is 7.89. The zero-order valence-electron chi connectivity index (χ0n) is 16.9. The molecule has 0 N–H and O–H groups in total. The Morgan fingerprint density at radius 3 is 2.26 bits per heavy atom. The van der Waals surface area contributed by atoms with Crippen molar-refractivity contribution in [2.75, 3.05) is 26.2 Å². The molecule has 0 unspecified atom stereocenters. The van der Waals surface area contributed by atoms with E-state index in [1.54, 1.807) is 48.3 Å². The second kappa shape index (κ2) is 8.41. The van der Waals surface area contributed by atoms with E-state index in [0.717, 1.165) is 0 Å². The second-order valence-corrected chi connectivity index (χ2v) is 9.71. The lowest BCUT2D eigenvalue weighted by Gasteiger charge is -2.34. The highest BCUT2D eigenvalue weighted by Gasteiger charge is 2.30. The third kappa shape index (κ3) is 4.21. The van der Waals surface area contributed by atoms with Crippen LogP contribution in [0.4, 0.5) is 0 Å². The lowest BCUT2D eigenvalue weighted by molar-refractivity contribution is -0.131. The van der Waals surface area contributed by atoms with Crippen LogP contribution in [-0.4, -0.2) is 59.5 Å². The molecule has 0 spiro atoms. The van der Waals surface area contributed by atoms with Crippen LogP contribution in [0.25, 0.3) is 10.8 Å². The molecular formula is C21H21ClN4O4S. The Morgan fingerprint density at radius 2 is 1.61 bits per heavy atom. The van der Waals surface area contributed by atoms with Crippen LogP contribution in [0.5, 0.6) is 0 Å². The van der Waals surface area contributed by atoms with Crippen LogP contribution >= 0.6 is 11.6 Å². The van der Waals surface area contributed by atoms with Gasteiger partial charge in [-0.05, 0) is 30.3 Å². The van der Waals surface area contributed by atoms with Crippen molar-refractivity contribution < 1.29 is 13.2 Å². The van der Waals surface area contributed by atoms with Crippen molar-refractivity contribution in [1.29, 1.82) is 0 Å². The maximum absolute atomic E-state index is 12.9. The summed E-state index contributed by atoms with van der Waals surface area (Å²) in [6.45, 7) is 0.987. The van der Waals surface area contributed by atoms with Crippen LogP contribution in [0.3, 0.4) is 0 Å². The molecule has 3 aromatic rings. The van der Waals surface area contributed by atoms with Crippen LogP contribution in [-0.2, 0) is 28.3 Å². The van der Waals surface area contributed by atoms with Crippen molar-refractivity contribution in [3.63, 3.8) is 0 Å². The van der Waals surface area contributed by atoms with Gasteiger partial charge in [0.25, 0.3) is 5.56 Å². The highest BCUT2D eigenvalue weighted by Crippen LogP contribution is 2.20. The summed E-state index contributed by atoms with van der Waals surface area (Å²) >= 11 is 5.85. The molecule has 2 aromatic carbocycles. The number of piperazine rings is 1. The van der Waals surface area contributed by atoms with Crippen LogP contribution in [0.2, 0.25) is 5.02 Å². The standard InChI is InChI=1S/C21H21ClN4O4S/c1-24-21(28)18-5-3-2-4-17(18)19(23-24)14-20(27)25-10-12-26(13-11-25)31(29,30)16-8-6-15(22)7-9-16/h2-9H,10-14H2,1H3. The zero-order valence-corrected chi connectivity index (χ0v) is 18.4. The van der Waals surface area contributed by atoms with E-state index in [-0.39, 0.29) is 49.0 Å². The molecule has 1 aromatic heterocycles. The van der Waals surface area contributed by atoms with Gasteiger partial charge in [-0.15, -0.1) is 0 Å². The number of hydrogen-bond donors (Lipinski definition) is 0. The number of carbonyl (C=O) groups is 1. The Bertz CT molecular complexity index is 1300. The minimum atomic E-state index is -3.64. The summed E-state index contributed by atoms with van der Waals surface area (Å²) in [6, 6.07) is 13.1. The lowest BCUT2D eigenvalue weighted by atomic mass is 10.1. The van der Waals surface area contributed by atoms with Gasteiger partial charge >= 0.3 is 0 Å². The van der Waals surface area contributed by atoms with Gasteiger partial charge in [0.05, 0.1) is 22.4 Å². The van der Waals surface area contributed by atoms with Gasteiger partial charge in [0.1, 0.15) is 0 Å². The fourth-order valence-corrected chi connectivity index (χ4v) is 5.24. The first-order valence-corrected chi connectivity index (χ1v) is 11.6. The molecule has 1 aliphatic heterocycles. The smallest absolute Gasteiger partial charge is 0.274 e. The number of benzene rings is 2. The van der Waals surface area contributed by atoms with E-state index in [1.807, 2.05) is 0 Å². The molecule has 31 heavy (non-hydrogen) atoms. The first-order valence-electron chi connectivity index (χ1n) is 9.76. The van der Waals surface area contributed by atoms with E-state index in [9.17, 15) is 18.0 Å². The largest absolute Gasteiger partial charge is 0.340 e. The Kier molecular flexibility index (Phi) is 5.83. The lowest BCUT2D eigenvalue weighted by Crippen LogP contribution is -2.50.